The molecule has 0 aliphatic rings. The van der Waals surface area contributed by atoms with Crippen molar-refractivity contribution in [3.8, 4) is 5.88 Å². The lowest BCUT2D eigenvalue weighted by Gasteiger charge is -2.16. The SMILES string of the molecule is CCCCCCCNC(=O)c1c(O)n(OCc2ccccc2)c(=O)c2ccccc12. The van der Waals surface area contributed by atoms with Crippen LogP contribution in [-0.4, -0.2) is 22.3 Å². The van der Waals surface area contributed by atoms with Crippen LogP contribution in [0.5, 0.6) is 5.88 Å². The zero-order valence-corrected chi connectivity index (χ0v) is 17.3. The highest BCUT2D eigenvalue weighted by Crippen LogP contribution is 2.24. The third kappa shape index (κ3) is 5.00. The van der Waals surface area contributed by atoms with Gasteiger partial charge in [0.2, 0.25) is 5.88 Å². The van der Waals surface area contributed by atoms with Crippen LogP contribution in [0, 0.1) is 0 Å². The third-order valence-corrected chi connectivity index (χ3v) is 5.02. The Labute approximate surface area is 176 Å². The molecule has 0 saturated heterocycles. The summed E-state index contributed by atoms with van der Waals surface area (Å²) in [5.41, 5.74) is 0.386. The molecular weight excluding hydrogens is 380 g/mol. The second kappa shape index (κ2) is 10.5. The van der Waals surface area contributed by atoms with Crippen molar-refractivity contribution in [2.45, 2.75) is 45.6 Å². The van der Waals surface area contributed by atoms with E-state index in [1.165, 1.54) is 6.42 Å². The van der Waals surface area contributed by atoms with Crippen LogP contribution in [0.25, 0.3) is 10.8 Å². The lowest BCUT2D eigenvalue weighted by molar-refractivity contribution is 0.0699. The fourth-order valence-corrected chi connectivity index (χ4v) is 3.39. The van der Waals surface area contributed by atoms with Crippen LogP contribution in [0.3, 0.4) is 0 Å². The Balaban J connectivity index is 1.85. The number of rotatable bonds is 10. The van der Waals surface area contributed by atoms with Crippen molar-refractivity contribution < 1.29 is 14.7 Å². The molecule has 158 valence electrons. The summed E-state index contributed by atoms with van der Waals surface area (Å²) in [6.45, 7) is 2.76. The average Bonchev–Trinajstić information content (AvgIpc) is 2.77. The normalized spacial score (nSPS) is 10.8. The van der Waals surface area contributed by atoms with Gasteiger partial charge >= 0.3 is 0 Å². The number of nitrogens with zero attached hydrogens (tertiary/aromatic N) is 1. The van der Waals surface area contributed by atoms with E-state index in [-0.39, 0.29) is 12.2 Å². The smallest absolute Gasteiger partial charge is 0.294 e. The average molecular weight is 408 g/mol. The molecule has 0 bridgehead atoms. The van der Waals surface area contributed by atoms with E-state index in [2.05, 4.69) is 12.2 Å². The van der Waals surface area contributed by atoms with Crippen molar-refractivity contribution >= 4 is 16.7 Å². The van der Waals surface area contributed by atoms with Crippen LogP contribution in [0.4, 0.5) is 0 Å². The van der Waals surface area contributed by atoms with E-state index in [4.69, 9.17) is 4.84 Å². The molecule has 0 aliphatic heterocycles. The largest absolute Gasteiger partial charge is 0.492 e. The fourth-order valence-electron chi connectivity index (χ4n) is 3.39. The number of hydrogen-bond acceptors (Lipinski definition) is 4. The van der Waals surface area contributed by atoms with E-state index >= 15 is 0 Å². The molecule has 0 saturated carbocycles. The second-order valence-corrected chi connectivity index (χ2v) is 7.27. The van der Waals surface area contributed by atoms with E-state index in [0.717, 1.165) is 36.0 Å². The number of pyridine rings is 1. The van der Waals surface area contributed by atoms with Crippen molar-refractivity contribution in [1.82, 2.24) is 10.0 Å². The number of unbranched alkanes of at least 4 members (excludes halogenated alkanes) is 4. The molecule has 1 heterocycles. The van der Waals surface area contributed by atoms with E-state index in [0.29, 0.717) is 17.3 Å². The zero-order valence-electron chi connectivity index (χ0n) is 17.3. The summed E-state index contributed by atoms with van der Waals surface area (Å²) in [7, 11) is 0. The number of carbonyl (C=O) groups excluding carboxylic acids is 1. The van der Waals surface area contributed by atoms with Gasteiger partial charge in [0.25, 0.3) is 11.5 Å². The lowest BCUT2D eigenvalue weighted by atomic mass is 10.1. The topological polar surface area (TPSA) is 80.6 Å². The van der Waals surface area contributed by atoms with E-state index in [1.54, 1.807) is 24.3 Å². The molecular formula is C24H28N2O4. The molecule has 3 aromatic rings. The standard InChI is InChI=1S/C24H28N2O4/c1-2-3-4-5-11-16-25-22(27)21-19-14-9-10-15-20(19)23(28)26(24(21)29)30-17-18-12-7-6-8-13-18/h6-10,12-15,29H,2-5,11,16-17H2,1H3,(H,25,27). The summed E-state index contributed by atoms with van der Waals surface area (Å²) in [4.78, 5) is 31.3. The number of hydrogen-bond donors (Lipinski definition) is 2. The number of fused-ring (bicyclic) bond motifs is 1. The maximum absolute atomic E-state index is 12.9. The Morgan fingerprint density at radius 2 is 1.63 bits per heavy atom. The molecule has 0 spiro atoms. The van der Waals surface area contributed by atoms with E-state index in [9.17, 15) is 14.7 Å². The molecule has 2 N–H and O–H groups in total. The van der Waals surface area contributed by atoms with Crippen molar-refractivity contribution in [2.24, 2.45) is 0 Å². The predicted octanol–water partition coefficient (Wildman–Crippen LogP) is 4.04. The fraction of sp³-hybridized carbons (Fsp3) is 0.333. The summed E-state index contributed by atoms with van der Waals surface area (Å²) in [6.07, 6.45) is 5.40. The van der Waals surface area contributed by atoms with Crippen molar-refractivity contribution in [3.05, 3.63) is 76.1 Å². The highest BCUT2D eigenvalue weighted by molar-refractivity contribution is 6.08. The highest BCUT2D eigenvalue weighted by Gasteiger charge is 2.22. The van der Waals surface area contributed by atoms with Crippen LogP contribution in [0.15, 0.2) is 59.4 Å². The van der Waals surface area contributed by atoms with E-state index < -0.39 is 17.3 Å². The van der Waals surface area contributed by atoms with Crippen molar-refractivity contribution in [3.63, 3.8) is 0 Å². The van der Waals surface area contributed by atoms with Gasteiger partial charge in [0.15, 0.2) is 0 Å². The Morgan fingerprint density at radius 1 is 0.967 bits per heavy atom. The number of nitrogens with one attached hydrogen (secondary N) is 1. The van der Waals surface area contributed by atoms with E-state index in [1.807, 2.05) is 30.3 Å². The van der Waals surface area contributed by atoms with Crippen LogP contribution < -0.4 is 15.7 Å². The molecule has 0 aliphatic carbocycles. The number of amides is 1. The van der Waals surface area contributed by atoms with Gasteiger partial charge in [0, 0.05) is 11.9 Å². The molecule has 0 atom stereocenters. The zero-order chi connectivity index (χ0) is 21.3. The molecule has 30 heavy (non-hydrogen) atoms. The molecule has 1 amide bonds. The van der Waals surface area contributed by atoms with Gasteiger partial charge in [-0.05, 0) is 18.1 Å². The molecule has 2 aromatic carbocycles. The van der Waals surface area contributed by atoms with Gasteiger partial charge in [0.1, 0.15) is 12.2 Å². The number of aromatic hydroxyl groups is 1. The van der Waals surface area contributed by atoms with Crippen LogP contribution >= 0.6 is 0 Å². The molecule has 3 rings (SSSR count). The molecule has 6 heteroatoms. The summed E-state index contributed by atoms with van der Waals surface area (Å²) in [6, 6.07) is 16.1. The number of aromatic nitrogens is 1. The van der Waals surface area contributed by atoms with Gasteiger partial charge in [-0.25, -0.2) is 0 Å². The van der Waals surface area contributed by atoms with Gasteiger partial charge in [0.05, 0.1) is 5.39 Å². The first-order valence-corrected chi connectivity index (χ1v) is 10.5. The number of carbonyl (C=O) groups is 1. The van der Waals surface area contributed by atoms with Crippen LogP contribution in [0.1, 0.15) is 54.9 Å². The molecule has 6 nitrogen and oxygen atoms in total. The minimum absolute atomic E-state index is 0.0480. The first-order chi connectivity index (χ1) is 14.6. The third-order valence-electron chi connectivity index (χ3n) is 5.02. The Kier molecular flexibility index (Phi) is 7.49. The minimum atomic E-state index is -0.504. The Hall–Kier alpha value is -3.28. The van der Waals surface area contributed by atoms with Crippen LogP contribution in [-0.2, 0) is 6.61 Å². The van der Waals surface area contributed by atoms with Gasteiger partial charge in [-0.3, -0.25) is 9.59 Å². The maximum atomic E-state index is 12.9. The van der Waals surface area contributed by atoms with Gasteiger partial charge in [-0.1, -0.05) is 81.1 Å². The van der Waals surface area contributed by atoms with Gasteiger partial charge in [-0.2, -0.15) is 0 Å². The highest BCUT2D eigenvalue weighted by atomic mass is 16.7. The second-order valence-electron chi connectivity index (χ2n) is 7.27. The summed E-state index contributed by atoms with van der Waals surface area (Å²) in [5.74, 6) is -0.908. The molecule has 1 aromatic heterocycles. The summed E-state index contributed by atoms with van der Waals surface area (Å²) < 4.78 is 0.811. The Morgan fingerprint density at radius 3 is 2.37 bits per heavy atom. The molecule has 0 unspecified atom stereocenters. The number of benzene rings is 2. The first kappa shape index (κ1) is 21.4. The minimum Gasteiger partial charge on any atom is -0.492 e. The lowest BCUT2D eigenvalue weighted by Crippen LogP contribution is -2.31. The summed E-state index contributed by atoms with van der Waals surface area (Å²) >= 11 is 0. The first-order valence-electron chi connectivity index (χ1n) is 10.5. The van der Waals surface area contributed by atoms with Crippen molar-refractivity contribution in [1.29, 1.82) is 0 Å². The molecule has 0 fully saturated rings. The molecule has 0 radical (unpaired) electrons. The van der Waals surface area contributed by atoms with Gasteiger partial charge < -0.3 is 15.3 Å². The quantitative estimate of drug-likeness (QED) is 0.496. The van der Waals surface area contributed by atoms with Crippen molar-refractivity contribution in [2.75, 3.05) is 6.54 Å². The maximum Gasteiger partial charge on any atom is 0.294 e. The van der Waals surface area contributed by atoms with Crippen LogP contribution in [0.2, 0.25) is 0 Å². The Bertz CT molecular complexity index is 1040. The predicted molar refractivity (Wildman–Crippen MR) is 118 cm³/mol. The summed E-state index contributed by atoms with van der Waals surface area (Å²) in [5, 5.41) is 14.3. The van der Waals surface area contributed by atoms with Gasteiger partial charge in [-0.15, -0.1) is 4.73 Å². The monoisotopic (exact) mass is 408 g/mol.